The molecule has 0 rings (SSSR count). The number of nitrogens with one attached hydrogen (secondary N) is 1. The van der Waals surface area contributed by atoms with Gasteiger partial charge in [0, 0.05) is 6.92 Å². The molecule has 0 aliphatic carbocycles. The zero-order valence-electron chi connectivity index (χ0n) is 12.3. The van der Waals surface area contributed by atoms with Crippen molar-refractivity contribution in [2.45, 2.75) is 84.4 Å². The number of unbranched alkanes of at least 4 members (excludes halogenated alkanes) is 3. The first-order valence-corrected chi connectivity index (χ1v) is 10.0. The number of carbonyl (C=O) groups excluding carboxylic acids is 1. The number of hydrogen-bond donors (Lipinski definition) is 1. The maximum atomic E-state index is 11.5. The summed E-state index contributed by atoms with van der Waals surface area (Å²) in [4.78, 5) is 14.9. The van der Waals surface area contributed by atoms with Crippen molar-refractivity contribution in [1.29, 1.82) is 0 Å². The Bertz CT molecular complexity index is 185. The minimum Gasteiger partial charge on any atom is -0.382 e. The Hall–Kier alpha value is -0.313. The lowest BCUT2D eigenvalue weighted by atomic mass is 10.4. The van der Waals surface area contributed by atoms with E-state index in [0.29, 0.717) is 0 Å². The molecule has 0 radical (unpaired) electrons. The Balaban J connectivity index is 4.56. The van der Waals surface area contributed by atoms with Gasteiger partial charge in [-0.1, -0.05) is 59.3 Å². The van der Waals surface area contributed by atoms with Crippen molar-refractivity contribution < 1.29 is 4.79 Å². The highest BCUT2D eigenvalue weighted by Crippen LogP contribution is 2.25. The van der Waals surface area contributed by atoms with Crippen molar-refractivity contribution in [2.24, 2.45) is 0 Å². The molecule has 0 aromatic rings. The van der Waals surface area contributed by atoms with Gasteiger partial charge in [0.15, 0.2) is 8.24 Å². The minimum atomic E-state index is -1.52. The fourth-order valence-corrected chi connectivity index (χ4v) is 7.44. The molecule has 0 aromatic heterocycles. The van der Waals surface area contributed by atoms with Crippen molar-refractivity contribution in [3.63, 3.8) is 0 Å². The maximum Gasteiger partial charge on any atom is 0.209 e. The first kappa shape index (κ1) is 16.7. The molecule has 0 heterocycles. The summed E-state index contributed by atoms with van der Waals surface area (Å²) in [5, 5.41) is 0. The molecule has 0 aliphatic rings. The summed E-state index contributed by atoms with van der Waals surface area (Å²) in [5.41, 5.74) is 0. The SMILES string of the molecule is CCCC[Si](CCCC)(CCCC)NC(C)=O. The summed E-state index contributed by atoms with van der Waals surface area (Å²) in [6, 6.07) is 3.84. The number of rotatable bonds is 10. The van der Waals surface area contributed by atoms with Crippen LogP contribution in [0.4, 0.5) is 0 Å². The van der Waals surface area contributed by atoms with Crippen LogP contribution in [-0.2, 0) is 4.79 Å². The standard InChI is InChI=1S/C14H31NOSi/c1-5-8-11-17(12-9-6-2,13-10-7-3)15-14(4)16/h5-13H2,1-4H3,(H,15,16). The van der Waals surface area contributed by atoms with Crippen LogP contribution in [0, 0.1) is 0 Å². The number of amides is 1. The molecule has 3 heteroatoms. The smallest absolute Gasteiger partial charge is 0.209 e. The van der Waals surface area contributed by atoms with Gasteiger partial charge in [0.2, 0.25) is 5.91 Å². The molecule has 0 saturated heterocycles. The molecule has 102 valence electrons. The van der Waals surface area contributed by atoms with E-state index in [1.807, 2.05) is 0 Å². The van der Waals surface area contributed by atoms with E-state index in [2.05, 4.69) is 25.8 Å². The van der Waals surface area contributed by atoms with Crippen LogP contribution < -0.4 is 4.98 Å². The molecule has 0 bridgehead atoms. The van der Waals surface area contributed by atoms with Gasteiger partial charge in [-0.15, -0.1) is 0 Å². The molecule has 1 amide bonds. The van der Waals surface area contributed by atoms with Gasteiger partial charge < -0.3 is 4.98 Å². The minimum absolute atomic E-state index is 0.194. The molecule has 0 fully saturated rings. The van der Waals surface area contributed by atoms with Gasteiger partial charge in [0.05, 0.1) is 0 Å². The van der Waals surface area contributed by atoms with Gasteiger partial charge in [-0.3, -0.25) is 4.79 Å². The Kier molecular flexibility index (Phi) is 9.51. The van der Waals surface area contributed by atoms with Gasteiger partial charge in [-0.25, -0.2) is 0 Å². The molecule has 0 aromatic carbocycles. The molecular formula is C14H31NOSi. The fraction of sp³-hybridized carbons (Fsp3) is 0.929. The second-order valence-corrected chi connectivity index (χ2v) is 9.58. The van der Waals surface area contributed by atoms with Crippen molar-refractivity contribution in [2.75, 3.05) is 0 Å². The van der Waals surface area contributed by atoms with Crippen LogP contribution >= 0.6 is 0 Å². The Labute approximate surface area is 109 Å². The Morgan fingerprint density at radius 3 is 1.47 bits per heavy atom. The second-order valence-electron chi connectivity index (χ2n) is 5.27. The van der Waals surface area contributed by atoms with Crippen molar-refractivity contribution in [1.82, 2.24) is 4.98 Å². The van der Waals surface area contributed by atoms with E-state index in [-0.39, 0.29) is 5.91 Å². The van der Waals surface area contributed by atoms with Crippen LogP contribution in [0.1, 0.15) is 66.2 Å². The third-order valence-corrected chi connectivity index (χ3v) is 8.28. The third kappa shape index (κ3) is 7.58. The van der Waals surface area contributed by atoms with Crippen LogP contribution in [0.5, 0.6) is 0 Å². The van der Waals surface area contributed by atoms with E-state index in [1.54, 1.807) is 6.92 Å². The van der Waals surface area contributed by atoms with Crippen LogP contribution in [0.3, 0.4) is 0 Å². The van der Waals surface area contributed by atoms with Gasteiger partial charge in [0.1, 0.15) is 0 Å². The summed E-state index contributed by atoms with van der Waals surface area (Å²) in [6.07, 6.45) is 7.56. The van der Waals surface area contributed by atoms with Gasteiger partial charge >= 0.3 is 0 Å². The summed E-state index contributed by atoms with van der Waals surface area (Å²) < 4.78 is 0. The summed E-state index contributed by atoms with van der Waals surface area (Å²) in [7, 11) is -1.52. The van der Waals surface area contributed by atoms with Crippen molar-refractivity contribution in [3.8, 4) is 0 Å². The Morgan fingerprint density at radius 2 is 1.24 bits per heavy atom. The topological polar surface area (TPSA) is 29.1 Å². The molecule has 2 nitrogen and oxygen atoms in total. The average molecular weight is 257 g/mol. The quantitative estimate of drug-likeness (QED) is 0.575. The van der Waals surface area contributed by atoms with Gasteiger partial charge in [0.25, 0.3) is 0 Å². The highest BCUT2D eigenvalue weighted by Gasteiger charge is 2.32. The van der Waals surface area contributed by atoms with Crippen LogP contribution in [0.15, 0.2) is 0 Å². The largest absolute Gasteiger partial charge is 0.382 e. The molecule has 0 saturated carbocycles. The highest BCUT2D eigenvalue weighted by atomic mass is 28.3. The predicted molar refractivity (Wildman–Crippen MR) is 78.7 cm³/mol. The summed E-state index contributed by atoms with van der Waals surface area (Å²) in [6.45, 7) is 8.41. The van der Waals surface area contributed by atoms with Gasteiger partial charge in [-0.05, 0) is 18.1 Å². The fourth-order valence-electron chi connectivity index (χ4n) is 2.48. The van der Waals surface area contributed by atoms with Gasteiger partial charge in [-0.2, -0.15) is 0 Å². The average Bonchev–Trinajstić information content (AvgIpc) is 2.30. The molecule has 1 N–H and O–H groups in total. The third-order valence-electron chi connectivity index (χ3n) is 3.47. The lowest BCUT2D eigenvalue weighted by Crippen LogP contribution is -2.52. The monoisotopic (exact) mass is 257 g/mol. The Morgan fingerprint density at radius 1 is 0.882 bits per heavy atom. The maximum absolute atomic E-state index is 11.5. The van der Waals surface area contributed by atoms with Crippen molar-refractivity contribution in [3.05, 3.63) is 0 Å². The van der Waals surface area contributed by atoms with E-state index in [0.717, 1.165) is 0 Å². The molecular weight excluding hydrogens is 226 g/mol. The lowest BCUT2D eigenvalue weighted by Gasteiger charge is -2.32. The zero-order valence-corrected chi connectivity index (χ0v) is 13.3. The first-order valence-electron chi connectivity index (χ1n) is 7.39. The normalized spacial score (nSPS) is 11.5. The first-order chi connectivity index (χ1) is 8.10. The second kappa shape index (κ2) is 9.69. The number of carbonyl (C=O) groups is 1. The number of hydrogen-bond acceptors (Lipinski definition) is 1. The van der Waals surface area contributed by atoms with E-state index < -0.39 is 8.24 Å². The summed E-state index contributed by atoms with van der Waals surface area (Å²) >= 11 is 0. The van der Waals surface area contributed by atoms with E-state index in [1.165, 1.54) is 56.7 Å². The predicted octanol–water partition coefficient (Wildman–Crippen LogP) is 4.47. The van der Waals surface area contributed by atoms with E-state index in [9.17, 15) is 4.79 Å². The van der Waals surface area contributed by atoms with E-state index >= 15 is 0 Å². The molecule has 0 atom stereocenters. The van der Waals surface area contributed by atoms with Crippen molar-refractivity contribution >= 4 is 14.1 Å². The molecule has 0 spiro atoms. The van der Waals surface area contributed by atoms with Crippen LogP contribution in [-0.4, -0.2) is 14.1 Å². The summed E-state index contributed by atoms with van der Waals surface area (Å²) in [5.74, 6) is 0.194. The van der Waals surface area contributed by atoms with E-state index in [4.69, 9.17) is 0 Å². The zero-order chi connectivity index (χ0) is 13.1. The molecule has 0 aliphatic heterocycles. The highest BCUT2D eigenvalue weighted by molar-refractivity contribution is 6.79. The van der Waals surface area contributed by atoms with Crippen LogP contribution in [0.25, 0.3) is 0 Å². The molecule has 17 heavy (non-hydrogen) atoms. The molecule has 0 unspecified atom stereocenters. The lowest BCUT2D eigenvalue weighted by molar-refractivity contribution is -0.117. The van der Waals surface area contributed by atoms with Crippen LogP contribution in [0.2, 0.25) is 18.1 Å².